The first kappa shape index (κ1) is 24.8. The molecule has 4 heteroatoms. The second kappa shape index (κ2) is 28.6. The van der Waals surface area contributed by atoms with Gasteiger partial charge in [-0.1, -0.05) is 0 Å². The van der Waals surface area contributed by atoms with E-state index in [2.05, 4.69) is 6.92 Å². The molecule has 0 amide bonds. The Labute approximate surface area is 90.4 Å². The Morgan fingerprint density at radius 1 is 1.67 bits per heavy atom. The van der Waals surface area contributed by atoms with E-state index in [4.69, 9.17) is 4.79 Å². The van der Waals surface area contributed by atoms with Crippen LogP contribution in [0.3, 0.4) is 0 Å². The van der Waals surface area contributed by atoms with E-state index in [1.165, 1.54) is 0 Å². The van der Waals surface area contributed by atoms with Crippen LogP contribution in [0.15, 0.2) is 0 Å². The molecule has 1 nitrogen and oxygen atoms in total. The van der Waals surface area contributed by atoms with Crippen molar-refractivity contribution >= 4 is 29.3 Å². The van der Waals surface area contributed by atoms with Gasteiger partial charge in [0.15, 0.2) is 0 Å². The fraction of sp³-hybridized carbons (Fsp3) is 0. The molecule has 0 aliphatic rings. The van der Waals surface area contributed by atoms with Crippen LogP contribution in [0.5, 0.6) is 0 Å². The van der Waals surface area contributed by atoms with Crippen molar-refractivity contribution in [3.8, 4) is 0 Å². The van der Waals surface area contributed by atoms with Crippen LogP contribution >= 0.6 is 0 Å². The molecule has 0 saturated carbocycles. The van der Waals surface area contributed by atoms with Gasteiger partial charge in [-0.25, -0.2) is 0 Å². The fourth-order valence-electron chi connectivity index (χ4n) is 0. The summed E-state index contributed by atoms with van der Waals surface area (Å²) in [6, 6.07) is 0. The average Bonchev–Trinajstić information content (AvgIpc) is 0.918. The van der Waals surface area contributed by atoms with E-state index >= 15 is 0 Å². The van der Waals surface area contributed by atoms with Crippen LogP contribution < -0.4 is 0 Å². The zero-order valence-electron chi connectivity index (χ0n) is 5.40. The predicted molar refractivity (Wildman–Crippen MR) is 19.4 cm³/mol. The van der Waals surface area contributed by atoms with Gasteiger partial charge in [-0.15, -0.1) is 0 Å². The normalized spacial score (nSPS) is 2.00. The summed E-state index contributed by atoms with van der Waals surface area (Å²) in [6.07, 6.45) is 0.500. The van der Waals surface area contributed by atoms with Gasteiger partial charge in [0.1, 0.15) is 0 Å². The van der Waals surface area contributed by atoms with E-state index in [0.717, 1.165) is 0 Å². The molecule has 0 bridgehead atoms. The smallest absolute Gasteiger partial charge is 1.00 e. The van der Waals surface area contributed by atoms with Crippen LogP contribution in [0, 0.1) is 6.92 Å². The maximum Gasteiger partial charge on any atom is 2.00 e. The molecule has 0 aromatic carbocycles. The second-order valence-electron chi connectivity index (χ2n) is 0.167. The monoisotopic (exact) mass is 297 g/mol. The van der Waals surface area contributed by atoms with Crippen molar-refractivity contribution in [2.75, 3.05) is 0 Å². The van der Waals surface area contributed by atoms with E-state index in [1.807, 2.05) is 0 Å². The second-order valence-corrected chi connectivity index (χ2v) is 0.167. The van der Waals surface area contributed by atoms with Crippen molar-refractivity contribution in [3.63, 3.8) is 0 Å². The summed E-state index contributed by atoms with van der Waals surface area (Å²) < 4.78 is 0. The molecule has 30 valence electrons. The molecule has 0 aliphatic heterocycles. The molecule has 0 aromatic rings. The molecular formula is C2H5HfMgOTi-. The van der Waals surface area contributed by atoms with Crippen LogP contribution in [0.1, 0.15) is 2.85 Å². The SMILES string of the molecule is [CH2-]C=O.[H-].[H-].[Hf].[Mg+2].[Ti]. The molecule has 6 heavy (non-hydrogen) atoms. The summed E-state index contributed by atoms with van der Waals surface area (Å²) in [6.45, 7) is 2.81. The molecule has 0 atom stereocenters. The van der Waals surface area contributed by atoms with E-state index < -0.39 is 0 Å². The molecule has 0 aromatic heterocycles. The average molecular weight is 296 g/mol. The zero-order valence-corrected chi connectivity index (χ0v) is 9.97. The van der Waals surface area contributed by atoms with Crippen molar-refractivity contribution in [1.29, 1.82) is 0 Å². The first-order valence-electron chi connectivity index (χ1n) is 0.644. The van der Waals surface area contributed by atoms with Gasteiger partial charge in [0, 0.05) is 47.6 Å². The maximum absolute atomic E-state index is 8.69. The maximum atomic E-state index is 8.69. The minimum absolute atomic E-state index is 0. The van der Waals surface area contributed by atoms with Gasteiger partial charge in [-0.2, -0.15) is 0 Å². The molecule has 0 aliphatic carbocycles. The first-order valence-corrected chi connectivity index (χ1v) is 0.644. The van der Waals surface area contributed by atoms with Crippen molar-refractivity contribution < 1.29 is 55.2 Å². The van der Waals surface area contributed by atoms with Gasteiger partial charge >= 0.3 is 23.1 Å². The van der Waals surface area contributed by atoms with Gasteiger partial charge in [0.2, 0.25) is 0 Å². The molecule has 0 radical (unpaired) electrons. The zero-order chi connectivity index (χ0) is 2.71. The van der Waals surface area contributed by atoms with Crippen molar-refractivity contribution in [3.05, 3.63) is 6.92 Å². The summed E-state index contributed by atoms with van der Waals surface area (Å²) in [5.41, 5.74) is 0. The Morgan fingerprint density at radius 3 is 1.67 bits per heavy atom. The largest absolute Gasteiger partial charge is 2.00 e. The van der Waals surface area contributed by atoms with Gasteiger partial charge < -0.3 is 14.6 Å². The Balaban J connectivity index is -0.00000000200. The Morgan fingerprint density at radius 2 is 1.67 bits per heavy atom. The fourth-order valence-corrected chi connectivity index (χ4v) is 0. The Hall–Kier alpha value is 1.89. The van der Waals surface area contributed by atoms with Gasteiger partial charge in [0.25, 0.3) is 0 Å². The van der Waals surface area contributed by atoms with Crippen LogP contribution in [0.2, 0.25) is 0 Å². The van der Waals surface area contributed by atoms with Crippen molar-refractivity contribution in [1.82, 2.24) is 0 Å². The molecule has 0 rings (SSSR count). The molecule has 0 N–H and O–H groups in total. The first-order chi connectivity index (χ1) is 1.41. The summed E-state index contributed by atoms with van der Waals surface area (Å²) in [4.78, 5) is 8.69. The molecule has 0 heterocycles. The minimum Gasteiger partial charge on any atom is -1.00 e. The molecule has 0 spiro atoms. The Bertz CT molecular complexity index is 27.5. The van der Waals surface area contributed by atoms with Gasteiger partial charge in [-0.3, -0.25) is 0 Å². The van der Waals surface area contributed by atoms with Crippen molar-refractivity contribution in [2.24, 2.45) is 0 Å². The number of carbonyl (C=O) groups excluding carboxylic acids is 1. The van der Waals surface area contributed by atoms with E-state index in [9.17, 15) is 0 Å². The van der Waals surface area contributed by atoms with Crippen LogP contribution in [-0.4, -0.2) is 29.3 Å². The molecule has 0 fully saturated rings. The third-order valence-electron chi connectivity index (χ3n) is 0. The van der Waals surface area contributed by atoms with E-state index in [1.54, 1.807) is 0 Å². The number of hydrogen-bond acceptors (Lipinski definition) is 1. The topological polar surface area (TPSA) is 17.1 Å². The number of hydrogen-bond donors (Lipinski definition) is 0. The number of carbonyl (C=O) groups is 1. The third kappa shape index (κ3) is 39.4. The summed E-state index contributed by atoms with van der Waals surface area (Å²) in [5.74, 6) is 0. The van der Waals surface area contributed by atoms with E-state index in [0.29, 0.717) is 6.29 Å². The quantitative estimate of drug-likeness (QED) is 0.345. The minimum atomic E-state index is 0. The van der Waals surface area contributed by atoms with Crippen molar-refractivity contribution in [2.45, 2.75) is 0 Å². The van der Waals surface area contributed by atoms with E-state index in [-0.39, 0.29) is 73.5 Å². The summed E-state index contributed by atoms with van der Waals surface area (Å²) in [5, 5.41) is 0. The third-order valence-corrected chi connectivity index (χ3v) is 0. The predicted octanol–water partition coefficient (Wildman–Crippen LogP) is -0.141. The summed E-state index contributed by atoms with van der Waals surface area (Å²) in [7, 11) is 0. The van der Waals surface area contributed by atoms with Crippen LogP contribution in [0.4, 0.5) is 0 Å². The standard InChI is InChI=1S/C2H3O.Hf.Mg.Ti.2H/c1-2-3;;;;;/h2H,1H2;;;;;/q-1;;+2;;2*-1. The molecule has 0 unspecified atom stereocenters. The molecule has 0 saturated heterocycles. The van der Waals surface area contributed by atoms with Crippen LogP contribution in [0.25, 0.3) is 0 Å². The number of aldehydes is 1. The number of rotatable bonds is 0. The van der Waals surface area contributed by atoms with Gasteiger partial charge in [0.05, 0.1) is 0 Å². The van der Waals surface area contributed by atoms with Gasteiger partial charge in [-0.05, 0) is 6.29 Å². The Kier molecular flexibility index (Phi) is 118. The summed E-state index contributed by atoms with van der Waals surface area (Å²) >= 11 is 0. The molecular weight excluding hydrogens is 291 g/mol. The van der Waals surface area contributed by atoms with Crippen LogP contribution in [-0.2, 0) is 52.4 Å².